The second-order valence-electron chi connectivity index (χ2n) is 16.2. The maximum Gasteiger partial charge on any atom is 0.335 e. The van der Waals surface area contributed by atoms with Gasteiger partial charge in [-0.3, -0.25) is 4.98 Å². The van der Waals surface area contributed by atoms with Gasteiger partial charge in [0, 0.05) is 28.2 Å². The number of phenols is 1. The molecule has 0 spiro atoms. The standard InChI is InChI=1S/C33H47N3.C13H18O4.Co/c1-20(2)26-14-11-15-27(21(3)4)32(26)34-24(9)30-18-13-19-31(36-30)25(10)35-33-28(22(5)6)16-12-17-29(33)23(7)8;1-6(2)8-5-9(14)12(15)11(13(16)17)10(8)7(3)4;/h11-25,34-35H,1-10H3;5-7,14-15H,1-4H3,(H,16,17);/p-1. The summed E-state index contributed by atoms with van der Waals surface area (Å²) in [5.41, 5.74) is 11.1. The van der Waals surface area contributed by atoms with Crippen molar-refractivity contribution in [2.45, 2.75) is 145 Å². The van der Waals surface area contributed by atoms with Gasteiger partial charge in [0.05, 0.1) is 29.0 Å². The van der Waals surface area contributed by atoms with Gasteiger partial charge in [0.2, 0.25) is 0 Å². The zero-order valence-electron chi connectivity index (χ0n) is 34.9. The van der Waals surface area contributed by atoms with Crippen molar-refractivity contribution >= 4 is 17.3 Å². The van der Waals surface area contributed by atoms with Crippen LogP contribution in [-0.4, -0.2) is 21.2 Å². The molecule has 0 saturated carbocycles. The minimum Gasteiger partial charge on any atom is -0.869 e. The molecule has 0 aliphatic carbocycles. The van der Waals surface area contributed by atoms with Crippen LogP contribution < -0.4 is 15.7 Å². The monoisotopic (exact) mass is 781 g/mol. The fraction of sp³-hybridized carbons (Fsp3) is 0.478. The molecule has 0 saturated heterocycles. The molecule has 4 N–H and O–H groups in total. The first-order chi connectivity index (χ1) is 24.8. The van der Waals surface area contributed by atoms with Crippen molar-refractivity contribution in [3.8, 4) is 11.5 Å². The van der Waals surface area contributed by atoms with Crippen LogP contribution in [0.4, 0.5) is 11.4 Å². The topological polar surface area (TPSA) is 118 Å². The summed E-state index contributed by atoms with van der Waals surface area (Å²) in [6, 6.07) is 21.4. The molecule has 3 aromatic carbocycles. The summed E-state index contributed by atoms with van der Waals surface area (Å²) in [4.78, 5) is 16.3. The number of rotatable bonds is 13. The zero-order chi connectivity index (χ0) is 39.9. The fourth-order valence-corrected chi connectivity index (χ4v) is 6.96. The summed E-state index contributed by atoms with van der Waals surface area (Å²) in [5, 5.41) is 38.0. The quantitative estimate of drug-likeness (QED) is 0.107. The van der Waals surface area contributed by atoms with E-state index >= 15 is 0 Å². The summed E-state index contributed by atoms with van der Waals surface area (Å²) in [6.07, 6.45) is 0. The molecule has 1 aromatic heterocycles. The van der Waals surface area contributed by atoms with Crippen molar-refractivity contribution in [2.24, 2.45) is 0 Å². The van der Waals surface area contributed by atoms with Gasteiger partial charge in [-0.15, -0.1) is 0 Å². The van der Waals surface area contributed by atoms with E-state index in [0.717, 1.165) is 17.0 Å². The number of nitrogens with one attached hydrogen (secondary N) is 2. The summed E-state index contributed by atoms with van der Waals surface area (Å²) < 4.78 is 0. The van der Waals surface area contributed by atoms with Crippen LogP contribution in [0.25, 0.3) is 0 Å². The van der Waals surface area contributed by atoms with Crippen molar-refractivity contribution in [1.82, 2.24) is 4.98 Å². The first-order valence-corrected chi connectivity index (χ1v) is 19.3. The Bertz CT molecular complexity index is 1710. The minimum atomic E-state index is -1.28. The molecule has 0 bridgehead atoms. The molecule has 0 fully saturated rings. The number of phenolic OH excluding ortho intramolecular Hbond substituents is 1. The Morgan fingerprint density at radius 1 is 0.574 bits per heavy atom. The molecule has 8 heteroatoms. The number of anilines is 2. The molecular formula is C46H64CoN3O4-. The summed E-state index contributed by atoms with van der Waals surface area (Å²) in [6.45, 7) is 30.0. The van der Waals surface area contributed by atoms with E-state index in [1.54, 1.807) is 0 Å². The maximum absolute atomic E-state index is 11.7. The zero-order valence-corrected chi connectivity index (χ0v) is 35.9. The smallest absolute Gasteiger partial charge is 0.335 e. The number of pyridine rings is 1. The van der Waals surface area contributed by atoms with Crippen LogP contribution >= 0.6 is 0 Å². The van der Waals surface area contributed by atoms with E-state index in [1.807, 2.05) is 27.7 Å². The molecule has 0 aliphatic rings. The SMILES string of the molecule is CC(C)c1cc(O)c([O-])c(C(=O)O)c1C(C)C.CC(C)c1cccc(C(C)C)c1NC(C)c1cccc(C(C)Nc2c(C(C)C)cccc2C(C)C)n1.[Co]. The van der Waals surface area contributed by atoms with E-state index in [0.29, 0.717) is 29.2 Å². The second-order valence-corrected chi connectivity index (χ2v) is 16.2. The molecular weight excluding hydrogens is 717 g/mol. The van der Waals surface area contributed by atoms with E-state index in [-0.39, 0.29) is 46.3 Å². The third kappa shape index (κ3) is 11.0. The average molecular weight is 782 g/mol. The van der Waals surface area contributed by atoms with Crippen LogP contribution in [-0.2, 0) is 16.8 Å². The summed E-state index contributed by atoms with van der Waals surface area (Å²) >= 11 is 0. The predicted molar refractivity (Wildman–Crippen MR) is 220 cm³/mol. The van der Waals surface area contributed by atoms with E-state index in [9.17, 15) is 15.0 Å². The van der Waals surface area contributed by atoms with Gasteiger partial charge >= 0.3 is 5.97 Å². The van der Waals surface area contributed by atoms with Crippen molar-refractivity contribution in [3.05, 3.63) is 111 Å². The number of carboxylic acids is 1. The number of aromatic hydroxyl groups is 1. The minimum absolute atomic E-state index is 0. The molecule has 297 valence electrons. The number of para-hydroxylation sites is 2. The summed E-state index contributed by atoms with van der Waals surface area (Å²) in [5.74, 6) is -0.770. The number of carboxylic acid groups (broad SMARTS) is 1. The first kappa shape index (κ1) is 46.1. The van der Waals surface area contributed by atoms with E-state index in [1.165, 1.54) is 39.7 Å². The van der Waals surface area contributed by atoms with Crippen LogP contribution in [0.1, 0.15) is 200 Å². The Hall–Kier alpha value is -4.01. The average Bonchev–Trinajstić information content (AvgIpc) is 3.08. The molecule has 0 aliphatic heterocycles. The van der Waals surface area contributed by atoms with Crippen molar-refractivity contribution < 1.29 is 36.9 Å². The molecule has 4 aromatic rings. The van der Waals surface area contributed by atoms with E-state index < -0.39 is 17.5 Å². The van der Waals surface area contributed by atoms with E-state index in [2.05, 4.69) is 134 Å². The van der Waals surface area contributed by atoms with Crippen LogP contribution in [0.5, 0.6) is 11.5 Å². The molecule has 2 unspecified atom stereocenters. The van der Waals surface area contributed by atoms with Crippen molar-refractivity contribution in [2.75, 3.05) is 10.6 Å². The summed E-state index contributed by atoms with van der Waals surface area (Å²) in [7, 11) is 0. The Morgan fingerprint density at radius 2 is 0.907 bits per heavy atom. The number of aromatic nitrogens is 1. The third-order valence-corrected chi connectivity index (χ3v) is 9.89. The molecule has 54 heavy (non-hydrogen) atoms. The van der Waals surface area contributed by atoms with Gasteiger partial charge in [-0.2, -0.15) is 0 Å². The number of carbonyl (C=O) groups is 1. The van der Waals surface area contributed by atoms with Gasteiger partial charge in [-0.1, -0.05) is 131 Å². The van der Waals surface area contributed by atoms with Crippen molar-refractivity contribution in [1.29, 1.82) is 0 Å². The Kier molecular flexibility index (Phi) is 17.1. The molecule has 1 heterocycles. The number of hydrogen-bond donors (Lipinski definition) is 4. The van der Waals surface area contributed by atoms with Gasteiger partial charge in [0.25, 0.3) is 0 Å². The van der Waals surface area contributed by atoms with Crippen LogP contribution in [0.3, 0.4) is 0 Å². The Morgan fingerprint density at radius 3 is 1.20 bits per heavy atom. The van der Waals surface area contributed by atoms with Crippen molar-refractivity contribution in [3.63, 3.8) is 0 Å². The number of aromatic carboxylic acids is 1. The molecule has 2 atom stereocenters. The second kappa shape index (κ2) is 20.1. The van der Waals surface area contributed by atoms with Crippen LogP contribution in [0.2, 0.25) is 0 Å². The van der Waals surface area contributed by atoms with Gasteiger partial charge in [-0.05, 0) is 101 Å². The number of nitrogens with zero attached hydrogens (tertiary/aromatic N) is 1. The Balaban J connectivity index is 0.000000471. The van der Waals surface area contributed by atoms with Gasteiger partial charge < -0.3 is 26.0 Å². The molecule has 7 nitrogen and oxygen atoms in total. The fourth-order valence-electron chi connectivity index (χ4n) is 6.96. The largest absolute Gasteiger partial charge is 0.869 e. The third-order valence-electron chi connectivity index (χ3n) is 9.89. The van der Waals surface area contributed by atoms with Gasteiger partial charge in [0.15, 0.2) is 0 Å². The first-order valence-electron chi connectivity index (χ1n) is 19.3. The normalized spacial score (nSPS) is 12.5. The molecule has 0 amide bonds. The van der Waals surface area contributed by atoms with E-state index in [4.69, 9.17) is 10.1 Å². The van der Waals surface area contributed by atoms with Gasteiger partial charge in [0.1, 0.15) is 5.75 Å². The predicted octanol–water partition coefficient (Wildman–Crippen LogP) is 12.3. The molecule has 4 rings (SSSR count). The van der Waals surface area contributed by atoms with Crippen LogP contribution in [0.15, 0.2) is 60.7 Å². The Labute approximate surface area is 335 Å². The van der Waals surface area contributed by atoms with Gasteiger partial charge in [-0.25, -0.2) is 4.79 Å². The number of hydrogen-bond acceptors (Lipinski definition) is 6. The number of benzene rings is 3. The van der Waals surface area contributed by atoms with Crippen LogP contribution in [0, 0.1) is 0 Å². The molecule has 1 radical (unpaired) electrons. The maximum atomic E-state index is 11.7.